The van der Waals surface area contributed by atoms with Gasteiger partial charge in [-0.3, -0.25) is 4.98 Å². The quantitative estimate of drug-likeness (QED) is 0.828. The molecule has 0 aliphatic carbocycles. The second-order valence-corrected chi connectivity index (χ2v) is 2.99. The number of halogens is 3. The van der Waals surface area contributed by atoms with Crippen LogP contribution in [0.15, 0.2) is 10.7 Å². The van der Waals surface area contributed by atoms with E-state index in [1.807, 2.05) is 0 Å². The van der Waals surface area contributed by atoms with Crippen LogP contribution in [0.2, 0.25) is 0 Å². The molecule has 1 rings (SSSR count). The standard InChI is InChI=1S/C7H4BrF2N3/c8-4-5(12)3(1-11)2-13-6(4)7(9)10/h2,7H,(H2,12,13). The third kappa shape index (κ3) is 1.75. The first-order valence-electron chi connectivity index (χ1n) is 3.20. The molecule has 0 spiro atoms. The minimum atomic E-state index is -2.70. The SMILES string of the molecule is N#Cc1cnc(C(F)F)c(Br)c1N. The highest BCUT2D eigenvalue weighted by molar-refractivity contribution is 9.10. The van der Waals surface area contributed by atoms with Crippen molar-refractivity contribution in [2.24, 2.45) is 0 Å². The summed E-state index contributed by atoms with van der Waals surface area (Å²) in [5, 5.41) is 8.49. The van der Waals surface area contributed by atoms with Crippen molar-refractivity contribution in [2.75, 3.05) is 5.73 Å². The molecule has 0 aliphatic rings. The van der Waals surface area contributed by atoms with Crippen LogP contribution in [-0.2, 0) is 0 Å². The summed E-state index contributed by atoms with van der Waals surface area (Å²) in [6, 6.07) is 1.74. The Hall–Kier alpha value is -1.22. The van der Waals surface area contributed by atoms with Gasteiger partial charge in [0.25, 0.3) is 6.43 Å². The minimum absolute atomic E-state index is 0.00667. The number of nitrogens with two attached hydrogens (primary N) is 1. The maximum atomic E-state index is 12.2. The number of nitrogen functional groups attached to an aromatic ring is 1. The van der Waals surface area contributed by atoms with E-state index >= 15 is 0 Å². The lowest BCUT2D eigenvalue weighted by atomic mass is 10.2. The molecule has 1 aromatic heterocycles. The second-order valence-electron chi connectivity index (χ2n) is 2.20. The van der Waals surface area contributed by atoms with Gasteiger partial charge in [0.1, 0.15) is 11.8 Å². The topological polar surface area (TPSA) is 62.7 Å². The number of hydrogen-bond acceptors (Lipinski definition) is 3. The van der Waals surface area contributed by atoms with Crippen molar-refractivity contribution in [1.29, 1.82) is 5.26 Å². The monoisotopic (exact) mass is 247 g/mol. The highest BCUT2D eigenvalue weighted by Crippen LogP contribution is 2.31. The number of hydrogen-bond donors (Lipinski definition) is 1. The lowest BCUT2D eigenvalue weighted by Gasteiger charge is -2.05. The first kappa shape index (κ1) is 9.86. The molecule has 0 bridgehead atoms. The van der Waals surface area contributed by atoms with E-state index in [9.17, 15) is 8.78 Å². The second kappa shape index (κ2) is 3.66. The number of alkyl halides is 2. The molecule has 0 unspecified atom stereocenters. The summed E-state index contributed by atoms with van der Waals surface area (Å²) in [5.74, 6) is 0. The van der Waals surface area contributed by atoms with Crippen LogP contribution in [0.3, 0.4) is 0 Å². The molecule has 0 atom stereocenters. The number of aromatic nitrogens is 1. The summed E-state index contributed by atoms with van der Waals surface area (Å²) in [4.78, 5) is 3.41. The highest BCUT2D eigenvalue weighted by Gasteiger charge is 2.17. The first-order valence-corrected chi connectivity index (χ1v) is 3.99. The van der Waals surface area contributed by atoms with Crippen LogP contribution in [0.5, 0.6) is 0 Å². The fraction of sp³-hybridized carbons (Fsp3) is 0.143. The van der Waals surface area contributed by atoms with Gasteiger partial charge in [-0.25, -0.2) is 8.78 Å². The summed E-state index contributed by atoms with van der Waals surface area (Å²) >= 11 is 2.85. The van der Waals surface area contributed by atoms with Crippen molar-refractivity contribution in [3.8, 4) is 6.07 Å². The van der Waals surface area contributed by atoms with Crippen molar-refractivity contribution in [3.05, 3.63) is 21.9 Å². The van der Waals surface area contributed by atoms with Gasteiger partial charge >= 0.3 is 0 Å². The van der Waals surface area contributed by atoms with Gasteiger partial charge in [-0.2, -0.15) is 5.26 Å². The van der Waals surface area contributed by atoms with Gasteiger partial charge in [-0.1, -0.05) is 0 Å². The Morgan fingerprint density at radius 3 is 2.69 bits per heavy atom. The lowest BCUT2D eigenvalue weighted by Crippen LogP contribution is -1.99. The summed E-state index contributed by atoms with van der Waals surface area (Å²) in [6.45, 7) is 0. The van der Waals surface area contributed by atoms with Gasteiger partial charge in [0, 0.05) is 6.20 Å². The number of pyridine rings is 1. The molecule has 2 N–H and O–H groups in total. The number of nitriles is 1. The van der Waals surface area contributed by atoms with Crippen molar-refractivity contribution >= 4 is 21.6 Å². The van der Waals surface area contributed by atoms with Crippen LogP contribution in [0.1, 0.15) is 17.7 Å². The van der Waals surface area contributed by atoms with Crippen LogP contribution in [-0.4, -0.2) is 4.98 Å². The van der Waals surface area contributed by atoms with Crippen molar-refractivity contribution in [1.82, 2.24) is 4.98 Å². The summed E-state index contributed by atoms with van der Waals surface area (Å²) in [7, 11) is 0. The van der Waals surface area contributed by atoms with E-state index < -0.39 is 12.1 Å². The molecule has 1 aromatic rings. The van der Waals surface area contributed by atoms with E-state index in [2.05, 4.69) is 20.9 Å². The van der Waals surface area contributed by atoms with E-state index in [-0.39, 0.29) is 15.7 Å². The number of anilines is 1. The van der Waals surface area contributed by atoms with Gasteiger partial charge < -0.3 is 5.73 Å². The molecule has 13 heavy (non-hydrogen) atoms. The van der Waals surface area contributed by atoms with Crippen molar-refractivity contribution in [2.45, 2.75) is 6.43 Å². The average molecular weight is 248 g/mol. The van der Waals surface area contributed by atoms with E-state index in [1.54, 1.807) is 6.07 Å². The predicted octanol–water partition coefficient (Wildman–Crippen LogP) is 2.24. The van der Waals surface area contributed by atoms with Gasteiger partial charge in [0.05, 0.1) is 15.7 Å². The molecular weight excluding hydrogens is 244 g/mol. The number of nitrogens with zero attached hydrogens (tertiary/aromatic N) is 2. The van der Waals surface area contributed by atoms with E-state index in [4.69, 9.17) is 11.0 Å². The smallest absolute Gasteiger partial charge is 0.281 e. The van der Waals surface area contributed by atoms with Crippen LogP contribution >= 0.6 is 15.9 Å². The maximum Gasteiger partial charge on any atom is 0.281 e. The predicted molar refractivity (Wildman–Crippen MR) is 46.0 cm³/mol. The molecule has 1 heterocycles. The Balaban J connectivity index is 3.33. The molecule has 0 amide bonds. The Morgan fingerprint density at radius 2 is 2.23 bits per heavy atom. The Labute approximate surface area is 81.3 Å². The molecule has 3 nitrogen and oxygen atoms in total. The van der Waals surface area contributed by atoms with Crippen LogP contribution in [0.25, 0.3) is 0 Å². The zero-order chi connectivity index (χ0) is 10.0. The third-order valence-corrected chi connectivity index (χ3v) is 2.24. The third-order valence-electron chi connectivity index (χ3n) is 1.41. The molecule has 0 saturated carbocycles. The molecule has 0 radical (unpaired) electrons. The molecule has 6 heteroatoms. The van der Waals surface area contributed by atoms with E-state index in [0.29, 0.717) is 0 Å². The average Bonchev–Trinajstić information content (AvgIpc) is 2.09. The van der Waals surface area contributed by atoms with E-state index in [1.165, 1.54) is 0 Å². The van der Waals surface area contributed by atoms with Gasteiger partial charge in [-0.15, -0.1) is 0 Å². The molecule has 0 fully saturated rings. The number of rotatable bonds is 1. The first-order chi connectivity index (χ1) is 6.07. The summed E-state index contributed by atoms with van der Waals surface area (Å²) < 4.78 is 24.4. The summed E-state index contributed by atoms with van der Waals surface area (Å²) in [5.41, 5.74) is 5.01. The van der Waals surface area contributed by atoms with E-state index in [0.717, 1.165) is 6.20 Å². The Morgan fingerprint density at radius 1 is 1.62 bits per heavy atom. The Bertz CT molecular complexity index is 373. The lowest BCUT2D eigenvalue weighted by molar-refractivity contribution is 0.145. The van der Waals surface area contributed by atoms with Crippen LogP contribution < -0.4 is 5.73 Å². The van der Waals surface area contributed by atoms with Crippen molar-refractivity contribution < 1.29 is 8.78 Å². The van der Waals surface area contributed by atoms with Crippen molar-refractivity contribution in [3.63, 3.8) is 0 Å². The Kier molecular flexibility index (Phi) is 2.78. The zero-order valence-electron chi connectivity index (χ0n) is 6.26. The normalized spacial score (nSPS) is 10.1. The molecule has 0 aromatic carbocycles. The van der Waals surface area contributed by atoms with Crippen LogP contribution in [0, 0.1) is 11.3 Å². The van der Waals surface area contributed by atoms with Gasteiger partial charge in [-0.05, 0) is 15.9 Å². The molecule has 0 aliphatic heterocycles. The minimum Gasteiger partial charge on any atom is -0.397 e. The fourth-order valence-electron chi connectivity index (χ4n) is 0.758. The largest absolute Gasteiger partial charge is 0.397 e. The fourth-order valence-corrected chi connectivity index (χ4v) is 1.25. The van der Waals surface area contributed by atoms with Gasteiger partial charge in [0.2, 0.25) is 0 Å². The molecular formula is C7H4BrF2N3. The molecule has 68 valence electrons. The maximum absolute atomic E-state index is 12.2. The van der Waals surface area contributed by atoms with Gasteiger partial charge in [0.15, 0.2) is 0 Å². The zero-order valence-corrected chi connectivity index (χ0v) is 7.85. The molecule has 0 saturated heterocycles. The summed E-state index contributed by atoms with van der Waals surface area (Å²) in [6.07, 6.45) is -1.67. The highest BCUT2D eigenvalue weighted by atomic mass is 79.9. The van der Waals surface area contributed by atoms with Crippen LogP contribution in [0.4, 0.5) is 14.5 Å².